The number of amides is 1. The number of likely N-dealkylation sites (N-methyl/N-ethyl adjacent to an activating group) is 1. The van der Waals surface area contributed by atoms with Crippen molar-refractivity contribution in [2.24, 2.45) is 5.16 Å². The zero-order chi connectivity index (χ0) is 23.8. The van der Waals surface area contributed by atoms with Crippen LogP contribution in [0.4, 0.5) is 5.13 Å². The zero-order valence-corrected chi connectivity index (χ0v) is 20.2. The van der Waals surface area contributed by atoms with E-state index in [0.29, 0.717) is 17.3 Å². The van der Waals surface area contributed by atoms with Crippen molar-refractivity contribution in [2.75, 3.05) is 32.6 Å². The summed E-state index contributed by atoms with van der Waals surface area (Å²) >= 11 is 1.29. The number of nitrogens with one attached hydrogen (secondary N) is 1. The smallest absolute Gasteiger partial charge is 0.280 e. The maximum Gasteiger partial charge on any atom is 0.280 e. The van der Waals surface area contributed by atoms with Gasteiger partial charge in [0, 0.05) is 32.5 Å². The van der Waals surface area contributed by atoms with E-state index in [1.54, 1.807) is 13.3 Å². The van der Waals surface area contributed by atoms with Gasteiger partial charge in [0.25, 0.3) is 5.91 Å². The van der Waals surface area contributed by atoms with Crippen LogP contribution >= 0.6 is 11.3 Å². The molecule has 2 N–H and O–H groups in total. The lowest BCUT2D eigenvalue weighted by molar-refractivity contribution is -0.110. The zero-order valence-electron chi connectivity index (χ0n) is 18.6. The SMILES string of the molecule is COCc1cnc(NC(=O)/C(=N/OC2CCCC2)c2ccc(S(=O)(=O)N(C)CCO)cc2)s1. The number of aliphatic hydroxyl groups is 1. The Balaban J connectivity index is 1.83. The van der Waals surface area contributed by atoms with Gasteiger partial charge in [-0.15, -0.1) is 0 Å². The van der Waals surface area contributed by atoms with Crippen LogP contribution in [0.15, 0.2) is 40.5 Å². The standard InChI is InChI=1S/C21H28N4O6S2/c1-25(11-12-26)33(28,29)18-9-7-15(8-10-18)19(24-31-16-5-3-4-6-16)20(27)23-21-22-13-17(32-21)14-30-2/h7-10,13,16,26H,3-6,11-12,14H2,1-2H3,(H,22,23,27)/b24-19+. The van der Waals surface area contributed by atoms with Crippen molar-refractivity contribution in [1.82, 2.24) is 9.29 Å². The fourth-order valence-corrected chi connectivity index (χ4v) is 5.24. The van der Waals surface area contributed by atoms with Crippen molar-refractivity contribution in [1.29, 1.82) is 0 Å². The number of nitrogens with zero attached hydrogens (tertiary/aromatic N) is 3. The van der Waals surface area contributed by atoms with Crippen LogP contribution in [0.5, 0.6) is 0 Å². The summed E-state index contributed by atoms with van der Waals surface area (Å²) in [6.45, 7) is 0.0827. The van der Waals surface area contributed by atoms with Gasteiger partial charge in [0.1, 0.15) is 6.10 Å². The van der Waals surface area contributed by atoms with Gasteiger partial charge >= 0.3 is 0 Å². The molecule has 3 rings (SSSR count). The number of hydrogen-bond donors (Lipinski definition) is 2. The molecule has 1 amide bonds. The highest BCUT2D eigenvalue weighted by Gasteiger charge is 2.23. The van der Waals surface area contributed by atoms with Gasteiger partial charge in [0.2, 0.25) is 10.0 Å². The number of aromatic nitrogens is 1. The van der Waals surface area contributed by atoms with Crippen molar-refractivity contribution in [3.63, 3.8) is 0 Å². The number of oxime groups is 1. The van der Waals surface area contributed by atoms with E-state index in [0.717, 1.165) is 34.9 Å². The van der Waals surface area contributed by atoms with E-state index in [4.69, 9.17) is 14.7 Å². The number of carbonyl (C=O) groups is 1. The number of carbonyl (C=O) groups excluding carboxylic acids is 1. The van der Waals surface area contributed by atoms with Crippen molar-refractivity contribution in [3.05, 3.63) is 40.9 Å². The Labute approximate surface area is 197 Å². The number of thiazole rings is 1. The molecule has 180 valence electrons. The average Bonchev–Trinajstić information content (AvgIpc) is 3.47. The van der Waals surface area contributed by atoms with Crippen LogP contribution in [0.25, 0.3) is 0 Å². The number of ether oxygens (including phenoxy) is 1. The minimum absolute atomic E-state index is 0.0205. The number of hydrogen-bond acceptors (Lipinski definition) is 9. The van der Waals surface area contributed by atoms with Gasteiger partial charge in [-0.25, -0.2) is 13.4 Å². The van der Waals surface area contributed by atoms with Crippen LogP contribution in [0.1, 0.15) is 36.1 Å². The Morgan fingerprint density at radius 3 is 2.64 bits per heavy atom. The second-order valence-corrected chi connectivity index (χ2v) is 10.7. The van der Waals surface area contributed by atoms with Crippen LogP contribution < -0.4 is 5.32 Å². The van der Waals surface area contributed by atoms with Crippen LogP contribution in [0, 0.1) is 0 Å². The van der Waals surface area contributed by atoms with E-state index in [9.17, 15) is 13.2 Å². The quantitative estimate of drug-likeness (QED) is 0.360. The summed E-state index contributed by atoms with van der Waals surface area (Å²) < 4.78 is 31.3. The predicted octanol–water partition coefficient (Wildman–Crippen LogP) is 2.20. The summed E-state index contributed by atoms with van der Waals surface area (Å²) in [6.07, 6.45) is 5.43. The molecule has 10 nitrogen and oxygen atoms in total. The lowest BCUT2D eigenvalue weighted by Gasteiger charge is -2.16. The van der Waals surface area contributed by atoms with Crippen molar-refractivity contribution in [3.8, 4) is 0 Å². The summed E-state index contributed by atoms with van der Waals surface area (Å²) in [5.74, 6) is -0.515. The highest BCUT2D eigenvalue weighted by Crippen LogP contribution is 2.23. The van der Waals surface area contributed by atoms with Crippen molar-refractivity contribution < 1.29 is 27.9 Å². The molecule has 33 heavy (non-hydrogen) atoms. The third kappa shape index (κ3) is 6.58. The van der Waals surface area contributed by atoms with Gasteiger partial charge in [-0.3, -0.25) is 10.1 Å². The molecule has 1 aliphatic carbocycles. The Hall–Kier alpha value is -2.38. The Kier molecular flexibility index (Phi) is 8.92. The second-order valence-electron chi connectivity index (χ2n) is 7.55. The summed E-state index contributed by atoms with van der Waals surface area (Å²) in [5.41, 5.74) is 0.431. The number of sulfonamides is 1. The van der Waals surface area contributed by atoms with Gasteiger partial charge < -0.3 is 14.7 Å². The first-order chi connectivity index (χ1) is 15.8. The average molecular weight is 497 g/mol. The van der Waals surface area contributed by atoms with Gasteiger partial charge in [-0.1, -0.05) is 28.6 Å². The maximum atomic E-state index is 13.0. The first-order valence-electron chi connectivity index (χ1n) is 10.5. The molecule has 2 aromatic rings. The lowest BCUT2D eigenvalue weighted by Crippen LogP contribution is -2.29. The van der Waals surface area contributed by atoms with E-state index < -0.39 is 15.9 Å². The van der Waals surface area contributed by atoms with E-state index in [1.165, 1.54) is 42.6 Å². The lowest BCUT2D eigenvalue weighted by atomic mass is 10.1. The van der Waals surface area contributed by atoms with Crippen LogP contribution in [-0.4, -0.2) is 67.8 Å². The Bertz CT molecular complexity index is 1060. The first-order valence-corrected chi connectivity index (χ1v) is 12.8. The number of aliphatic hydroxyl groups excluding tert-OH is 1. The molecule has 0 radical (unpaired) electrons. The summed E-state index contributed by atoms with van der Waals surface area (Å²) in [7, 11) is -0.791. The van der Waals surface area contributed by atoms with E-state index in [1.807, 2.05) is 0 Å². The fraction of sp³-hybridized carbons (Fsp3) is 0.476. The third-order valence-electron chi connectivity index (χ3n) is 5.12. The number of benzene rings is 1. The molecule has 1 heterocycles. The molecule has 1 aliphatic rings. The van der Waals surface area contributed by atoms with Gasteiger partial charge in [0.15, 0.2) is 10.8 Å². The molecular formula is C21H28N4O6S2. The maximum absolute atomic E-state index is 13.0. The molecule has 0 aliphatic heterocycles. The molecule has 0 spiro atoms. The van der Waals surface area contributed by atoms with Gasteiger partial charge in [-0.05, 0) is 37.8 Å². The van der Waals surface area contributed by atoms with Crippen LogP contribution in [0.2, 0.25) is 0 Å². The first kappa shape index (κ1) is 25.2. The number of rotatable bonds is 11. The molecule has 1 aromatic heterocycles. The molecule has 0 bridgehead atoms. The minimum atomic E-state index is -3.76. The molecule has 1 saturated carbocycles. The molecule has 12 heteroatoms. The van der Waals surface area contributed by atoms with E-state index >= 15 is 0 Å². The van der Waals surface area contributed by atoms with E-state index in [2.05, 4.69) is 15.5 Å². The van der Waals surface area contributed by atoms with Gasteiger partial charge in [0.05, 0.1) is 23.0 Å². The topological polar surface area (TPSA) is 130 Å². The summed E-state index contributed by atoms with van der Waals surface area (Å²) in [6, 6.07) is 5.82. The van der Waals surface area contributed by atoms with Crippen LogP contribution in [0.3, 0.4) is 0 Å². The monoisotopic (exact) mass is 496 g/mol. The van der Waals surface area contributed by atoms with E-state index in [-0.39, 0.29) is 29.9 Å². The normalized spacial score (nSPS) is 15.2. The number of methoxy groups -OCH3 is 1. The summed E-state index contributed by atoms with van der Waals surface area (Å²) in [5, 5.41) is 16.3. The third-order valence-corrected chi connectivity index (χ3v) is 7.88. The molecular weight excluding hydrogens is 468 g/mol. The minimum Gasteiger partial charge on any atom is -0.395 e. The molecule has 0 atom stereocenters. The van der Waals surface area contributed by atoms with Crippen LogP contribution in [-0.2, 0) is 31.0 Å². The Morgan fingerprint density at radius 1 is 1.30 bits per heavy atom. The van der Waals surface area contributed by atoms with Crippen molar-refractivity contribution in [2.45, 2.75) is 43.3 Å². The Morgan fingerprint density at radius 2 is 2.00 bits per heavy atom. The second kappa shape index (κ2) is 11.7. The van der Waals surface area contributed by atoms with Gasteiger partial charge in [-0.2, -0.15) is 4.31 Å². The predicted molar refractivity (Wildman–Crippen MR) is 125 cm³/mol. The van der Waals surface area contributed by atoms with Crippen molar-refractivity contribution >= 4 is 38.1 Å². The fourth-order valence-electron chi connectivity index (χ4n) is 3.30. The summed E-state index contributed by atoms with van der Waals surface area (Å²) in [4.78, 5) is 23.7. The molecule has 0 saturated heterocycles. The highest BCUT2D eigenvalue weighted by molar-refractivity contribution is 7.89. The number of anilines is 1. The highest BCUT2D eigenvalue weighted by atomic mass is 32.2. The largest absolute Gasteiger partial charge is 0.395 e. The molecule has 1 fully saturated rings. The molecule has 1 aromatic carbocycles. The molecule has 0 unspecified atom stereocenters.